The van der Waals surface area contributed by atoms with Gasteiger partial charge in [-0.3, -0.25) is 4.79 Å². The van der Waals surface area contributed by atoms with Crippen LogP contribution in [0.2, 0.25) is 0 Å². The van der Waals surface area contributed by atoms with Crippen LogP contribution < -0.4 is 0 Å². The van der Waals surface area contributed by atoms with Crippen LogP contribution in [0, 0.1) is 0 Å². The van der Waals surface area contributed by atoms with E-state index in [1.54, 1.807) is 6.92 Å². The maximum atomic E-state index is 11.5. The number of alkyl halides is 1. The molecule has 0 spiro atoms. The van der Waals surface area contributed by atoms with Crippen molar-refractivity contribution in [3.63, 3.8) is 0 Å². The highest BCUT2D eigenvalue weighted by atomic mass is 35.5. The Hall–Kier alpha value is -0.840. The van der Waals surface area contributed by atoms with Crippen LogP contribution >= 0.6 is 23.2 Å². The fraction of sp³-hybridized carbons (Fsp3) is 0.400. The zero-order valence-corrected chi connectivity index (χ0v) is 10.2. The predicted octanol–water partition coefficient (Wildman–Crippen LogP) is 1.15. The fourth-order valence-electron chi connectivity index (χ4n) is 1.47. The van der Waals surface area contributed by atoms with Crippen LogP contribution in [0.25, 0.3) is 0 Å². The number of Topliss-reactive ketones (excluding diaryl/α,β-unsaturated/α-hetero) is 1. The second-order valence-electron chi connectivity index (χ2n) is 3.21. The first-order valence-electron chi connectivity index (χ1n) is 4.43. The Morgan fingerprint density at radius 1 is 1.62 bits per heavy atom. The van der Waals surface area contributed by atoms with Gasteiger partial charge in [-0.1, -0.05) is 23.8 Å². The van der Waals surface area contributed by atoms with E-state index in [-0.39, 0.29) is 10.6 Å². The van der Waals surface area contributed by atoms with Crippen LogP contribution in [0.3, 0.4) is 0 Å². The lowest BCUT2D eigenvalue weighted by atomic mass is 9.95. The molecule has 0 radical (unpaired) electrons. The third-order valence-corrected chi connectivity index (χ3v) is 3.19. The summed E-state index contributed by atoms with van der Waals surface area (Å²) in [6.45, 7) is 1.65. The molecular formula is C10H10Cl2O4. The Morgan fingerprint density at radius 3 is 2.62 bits per heavy atom. The average molecular weight is 265 g/mol. The number of rotatable bonds is 2. The lowest BCUT2D eigenvalue weighted by molar-refractivity contribution is -0.158. The van der Waals surface area contributed by atoms with Crippen molar-refractivity contribution in [1.82, 2.24) is 0 Å². The number of allylic oxidation sites excluding steroid dienone is 2. The molecule has 88 valence electrons. The summed E-state index contributed by atoms with van der Waals surface area (Å²) in [6, 6.07) is 0. The zero-order valence-electron chi connectivity index (χ0n) is 8.66. The topological polar surface area (TPSA) is 63.6 Å². The number of hydrogen-bond acceptors (Lipinski definition) is 4. The summed E-state index contributed by atoms with van der Waals surface area (Å²) >= 11 is 11.4. The van der Waals surface area contributed by atoms with Gasteiger partial charge in [-0.25, -0.2) is 4.79 Å². The summed E-state index contributed by atoms with van der Waals surface area (Å²) < 4.78 is 4.43. The molecule has 0 saturated heterocycles. The van der Waals surface area contributed by atoms with Gasteiger partial charge in [-0.15, -0.1) is 11.6 Å². The molecule has 0 fully saturated rings. The summed E-state index contributed by atoms with van der Waals surface area (Å²) in [5.41, 5.74) is -2.25. The van der Waals surface area contributed by atoms with E-state index in [1.807, 2.05) is 0 Å². The first-order chi connectivity index (χ1) is 7.41. The number of carbonyl (C=O) groups excluding carboxylic acids is 2. The molecule has 0 aromatic heterocycles. The molecule has 0 aromatic rings. The zero-order chi connectivity index (χ0) is 12.5. The average Bonchev–Trinajstić information content (AvgIpc) is 2.44. The van der Waals surface area contributed by atoms with Crippen molar-refractivity contribution in [3.05, 3.63) is 22.8 Å². The molecule has 0 amide bonds. The van der Waals surface area contributed by atoms with Gasteiger partial charge in [0, 0.05) is 5.57 Å². The number of hydrogen-bond donors (Lipinski definition) is 1. The molecule has 0 aliphatic heterocycles. The quantitative estimate of drug-likeness (QED) is 0.601. The highest BCUT2D eigenvalue weighted by Gasteiger charge is 2.57. The minimum atomic E-state index is -2.21. The summed E-state index contributed by atoms with van der Waals surface area (Å²) in [5, 5.41) is 8.44. The van der Waals surface area contributed by atoms with E-state index in [0.717, 1.165) is 7.11 Å². The molecule has 0 heterocycles. The number of esters is 1. The lowest BCUT2D eigenvalue weighted by Gasteiger charge is -2.23. The standard InChI is InChI=1S/C10H10Cl2O4/c1-3-4-5-6(11)7(13)8(12)10(5,15)9(14)16-2/h3-4,8,15H,1-2H3/t8-,10-/m1/s1. The van der Waals surface area contributed by atoms with Crippen LogP contribution in [0.4, 0.5) is 0 Å². The minimum Gasteiger partial charge on any atom is -0.467 e. The maximum Gasteiger partial charge on any atom is 0.344 e. The number of halogens is 2. The first kappa shape index (κ1) is 13.2. The molecule has 1 aliphatic carbocycles. The van der Waals surface area contributed by atoms with Crippen LogP contribution in [0.1, 0.15) is 6.92 Å². The normalized spacial score (nSPS) is 30.3. The minimum absolute atomic E-state index is 0.0338. The predicted molar refractivity (Wildman–Crippen MR) is 59.3 cm³/mol. The summed E-state index contributed by atoms with van der Waals surface area (Å²) in [4.78, 5) is 23.0. The van der Waals surface area contributed by atoms with Crippen molar-refractivity contribution >= 4 is 35.0 Å². The Kier molecular flexibility index (Phi) is 3.78. The highest BCUT2D eigenvalue weighted by molar-refractivity contribution is 6.52. The molecule has 16 heavy (non-hydrogen) atoms. The van der Waals surface area contributed by atoms with Gasteiger partial charge in [0.25, 0.3) is 0 Å². The number of carbonyl (C=O) groups is 2. The van der Waals surface area contributed by atoms with Crippen molar-refractivity contribution < 1.29 is 19.4 Å². The van der Waals surface area contributed by atoms with Gasteiger partial charge in [0.15, 0.2) is 5.78 Å². The van der Waals surface area contributed by atoms with E-state index in [4.69, 9.17) is 23.2 Å². The smallest absolute Gasteiger partial charge is 0.344 e. The van der Waals surface area contributed by atoms with E-state index in [2.05, 4.69) is 4.74 Å². The van der Waals surface area contributed by atoms with E-state index in [9.17, 15) is 14.7 Å². The molecule has 6 heteroatoms. The Balaban J connectivity index is 3.37. The van der Waals surface area contributed by atoms with Crippen molar-refractivity contribution in [1.29, 1.82) is 0 Å². The molecule has 0 aromatic carbocycles. The summed E-state index contributed by atoms with van der Waals surface area (Å²) in [7, 11) is 1.09. The van der Waals surface area contributed by atoms with Crippen LogP contribution in [-0.4, -0.2) is 34.9 Å². The second kappa shape index (κ2) is 4.57. The fourth-order valence-corrected chi connectivity index (χ4v) is 2.16. The van der Waals surface area contributed by atoms with Gasteiger partial charge in [0.2, 0.25) is 5.60 Å². The van der Waals surface area contributed by atoms with Crippen molar-refractivity contribution in [2.45, 2.75) is 17.9 Å². The second-order valence-corrected chi connectivity index (χ2v) is 4.03. The summed E-state index contributed by atoms with van der Waals surface area (Å²) in [6.07, 6.45) is 2.90. The monoisotopic (exact) mass is 264 g/mol. The largest absolute Gasteiger partial charge is 0.467 e. The molecule has 4 nitrogen and oxygen atoms in total. The molecule has 1 N–H and O–H groups in total. The Bertz CT molecular complexity index is 400. The third kappa shape index (κ3) is 1.67. The van der Waals surface area contributed by atoms with E-state index >= 15 is 0 Å². The van der Waals surface area contributed by atoms with Crippen LogP contribution in [0.5, 0.6) is 0 Å². The van der Waals surface area contributed by atoms with Gasteiger partial charge >= 0.3 is 5.97 Å². The number of methoxy groups -OCH3 is 1. The van der Waals surface area contributed by atoms with Crippen molar-refractivity contribution in [3.8, 4) is 0 Å². The third-order valence-electron chi connectivity index (χ3n) is 2.29. The molecule has 1 aliphatic rings. The van der Waals surface area contributed by atoms with Crippen LogP contribution in [0.15, 0.2) is 22.8 Å². The van der Waals surface area contributed by atoms with Crippen molar-refractivity contribution in [2.24, 2.45) is 0 Å². The SMILES string of the molecule is CC=CC1=C(Cl)C(=O)[C@@H](Cl)[C@@]1(O)C(=O)OC. The number of aliphatic hydroxyl groups is 1. The lowest BCUT2D eigenvalue weighted by Crippen LogP contribution is -2.48. The van der Waals surface area contributed by atoms with Crippen LogP contribution in [-0.2, 0) is 14.3 Å². The first-order valence-corrected chi connectivity index (χ1v) is 5.24. The molecule has 0 bridgehead atoms. The number of ether oxygens (including phenoxy) is 1. The van der Waals surface area contributed by atoms with Gasteiger partial charge in [-0.2, -0.15) is 0 Å². The Labute approximate surface area is 102 Å². The van der Waals surface area contributed by atoms with E-state index in [0.29, 0.717) is 0 Å². The highest BCUT2D eigenvalue weighted by Crippen LogP contribution is 2.40. The van der Waals surface area contributed by atoms with Gasteiger partial charge in [0.1, 0.15) is 5.38 Å². The van der Waals surface area contributed by atoms with Gasteiger partial charge in [-0.05, 0) is 6.92 Å². The molecule has 0 unspecified atom stereocenters. The molecule has 0 saturated carbocycles. The molecular weight excluding hydrogens is 255 g/mol. The molecule has 1 rings (SSSR count). The van der Waals surface area contributed by atoms with E-state index in [1.165, 1.54) is 12.2 Å². The molecule has 2 atom stereocenters. The van der Waals surface area contributed by atoms with E-state index < -0.39 is 22.7 Å². The number of ketones is 1. The summed E-state index contributed by atoms with van der Waals surface area (Å²) in [5.74, 6) is -1.70. The van der Waals surface area contributed by atoms with Crippen molar-refractivity contribution in [2.75, 3.05) is 7.11 Å². The maximum absolute atomic E-state index is 11.5. The Morgan fingerprint density at radius 2 is 2.19 bits per heavy atom. The van der Waals surface area contributed by atoms with Gasteiger partial charge < -0.3 is 9.84 Å². The van der Waals surface area contributed by atoms with Gasteiger partial charge in [0.05, 0.1) is 12.1 Å².